The standard InChI is InChI=1S/C10H22N2O4/c1-10(2,3)16-9(15)12-5-4-11-8(6-13)7-14/h8,11,13-14H,4-7H2,1-3H3,(H,12,15). The maximum Gasteiger partial charge on any atom is 0.407 e. The number of ether oxygens (including phenoxy) is 1. The van der Waals surface area contributed by atoms with E-state index in [0.29, 0.717) is 13.1 Å². The zero-order valence-electron chi connectivity index (χ0n) is 10.1. The van der Waals surface area contributed by atoms with Crippen molar-refractivity contribution in [2.75, 3.05) is 26.3 Å². The van der Waals surface area contributed by atoms with Crippen LogP contribution in [0.5, 0.6) is 0 Å². The van der Waals surface area contributed by atoms with Crippen LogP contribution in [0.1, 0.15) is 20.8 Å². The molecule has 0 heterocycles. The van der Waals surface area contributed by atoms with Gasteiger partial charge in [0.15, 0.2) is 0 Å². The van der Waals surface area contributed by atoms with E-state index in [2.05, 4.69) is 10.6 Å². The number of aliphatic hydroxyl groups excluding tert-OH is 2. The van der Waals surface area contributed by atoms with Gasteiger partial charge >= 0.3 is 6.09 Å². The van der Waals surface area contributed by atoms with Crippen LogP contribution in [0.3, 0.4) is 0 Å². The van der Waals surface area contributed by atoms with Gasteiger partial charge in [0.1, 0.15) is 5.60 Å². The summed E-state index contributed by atoms with van der Waals surface area (Å²) in [5, 5.41) is 22.9. The fourth-order valence-electron chi connectivity index (χ4n) is 0.942. The van der Waals surface area contributed by atoms with E-state index in [1.165, 1.54) is 0 Å². The van der Waals surface area contributed by atoms with Gasteiger partial charge in [-0.2, -0.15) is 0 Å². The first kappa shape index (κ1) is 15.2. The zero-order chi connectivity index (χ0) is 12.6. The normalized spacial score (nSPS) is 11.6. The van der Waals surface area contributed by atoms with E-state index in [9.17, 15) is 4.79 Å². The highest BCUT2D eigenvalue weighted by Gasteiger charge is 2.15. The van der Waals surface area contributed by atoms with Crippen LogP contribution in [0.4, 0.5) is 4.79 Å². The Morgan fingerprint density at radius 2 is 1.81 bits per heavy atom. The van der Waals surface area contributed by atoms with Crippen LogP contribution in [0.2, 0.25) is 0 Å². The van der Waals surface area contributed by atoms with Gasteiger partial charge in [-0.15, -0.1) is 0 Å². The summed E-state index contributed by atoms with van der Waals surface area (Å²) >= 11 is 0. The summed E-state index contributed by atoms with van der Waals surface area (Å²) < 4.78 is 5.02. The monoisotopic (exact) mass is 234 g/mol. The van der Waals surface area contributed by atoms with Crippen LogP contribution >= 0.6 is 0 Å². The summed E-state index contributed by atoms with van der Waals surface area (Å²) in [6.07, 6.45) is -0.473. The minimum absolute atomic E-state index is 0.136. The Kier molecular flexibility index (Phi) is 7.03. The van der Waals surface area contributed by atoms with Gasteiger partial charge in [0.2, 0.25) is 0 Å². The number of alkyl carbamates (subject to hydrolysis) is 1. The third-order valence-electron chi connectivity index (χ3n) is 1.67. The van der Waals surface area contributed by atoms with Crippen molar-refractivity contribution >= 4 is 6.09 Å². The molecular formula is C10H22N2O4. The van der Waals surface area contributed by atoms with Gasteiger partial charge in [0.25, 0.3) is 0 Å². The van der Waals surface area contributed by atoms with E-state index >= 15 is 0 Å². The molecule has 0 aromatic rings. The predicted molar refractivity (Wildman–Crippen MR) is 60.2 cm³/mol. The zero-order valence-corrected chi connectivity index (χ0v) is 10.1. The molecule has 0 aliphatic carbocycles. The molecule has 0 rings (SSSR count). The highest BCUT2D eigenvalue weighted by Crippen LogP contribution is 2.05. The molecule has 0 aliphatic heterocycles. The van der Waals surface area contributed by atoms with E-state index < -0.39 is 11.7 Å². The van der Waals surface area contributed by atoms with Crippen molar-refractivity contribution in [3.05, 3.63) is 0 Å². The Morgan fingerprint density at radius 1 is 1.25 bits per heavy atom. The van der Waals surface area contributed by atoms with Crippen LogP contribution in [0, 0.1) is 0 Å². The molecule has 96 valence electrons. The van der Waals surface area contributed by atoms with E-state index in [4.69, 9.17) is 14.9 Å². The molecule has 0 spiro atoms. The van der Waals surface area contributed by atoms with Crippen molar-refractivity contribution in [1.29, 1.82) is 0 Å². The fraction of sp³-hybridized carbons (Fsp3) is 0.900. The van der Waals surface area contributed by atoms with Crippen LogP contribution < -0.4 is 10.6 Å². The summed E-state index contributed by atoms with van der Waals surface area (Å²) in [5.41, 5.74) is -0.504. The molecule has 0 atom stereocenters. The van der Waals surface area contributed by atoms with Crippen molar-refractivity contribution in [3.8, 4) is 0 Å². The molecule has 0 fully saturated rings. The second-order valence-corrected chi connectivity index (χ2v) is 4.44. The third-order valence-corrected chi connectivity index (χ3v) is 1.67. The maximum atomic E-state index is 11.2. The lowest BCUT2D eigenvalue weighted by molar-refractivity contribution is 0.0527. The number of hydrogen-bond donors (Lipinski definition) is 4. The molecule has 4 N–H and O–H groups in total. The highest BCUT2D eigenvalue weighted by molar-refractivity contribution is 5.67. The van der Waals surface area contributed by atoms with Gasteiger partial charge < -0.3 is 25.6 Å². The summed E-state index contributed by atoms with van der Waals surface area (Å²) in [5.74, 6) is 0. The lowest BCUT2D eigenvalue weighted by atomic mass is 10.2. The quantitative estimate of drug-likeness (QED) is 0.463. The first-order valence-electron chi connectivity index (χ1n) is 5.31. The molecule has 0 radical (unpaired) electrons. The van der Waals surface area contributed by atoms with Crippen LogP contribution in [-0.4, -0.2) is 54.3 Å². The van der Waals surface area contributed by atoms with E-state index in [1.807, 2.05) is 0 Å². The van der Waals surface area contributed by atoms with Crippen LogP contribution in [0.25, 0.3) is 0 Å². The molecule has 1 amide bonds. The second-order valence-electron chi connectivity index (χ2n) is 4.44. The Bertz CT molecular complexity index is 199. The molecule has 0 saturated carbocycles. The number of carbonyl (C=O) groups excluding carboxylic acids is 1. The van der Waals surface area contributed by atoms with Gasteiger partial charge in [-0.3, -0.25) is 0 Å². The lowest BCUT2D eigenvalue weighted by Gasteiger charge is -2.20. The summed E-state index contributed by atoms with van der Waals surface area (Å²) in [7, 11) is 0. The molecule has 0 aromatic heterocycles. The van der Waals surface area contributed by atoms with Crippen molar-refractivity contribution in [2.45, 2.75) is 32.4 Å². The molecular weight excluding hydrogens is 212 g/mol. The van der Waals surface area contributed by atoms with Crippen molar-refractivity contribution in [3.63, 3.8) is 0 Å². The smallest absolute Gasteiger partial charge is 0.407 e. The van der Waals surface area contributed by atoms with Crippen molar-refractivity contribution in [1.82, 2.24) is 10.6 Å². The topological polar surface area (TPSA) is 90.8 Å². The van der Waals surface area contributed by atoms with Gasteiger partial charge in [-0.05, 0) is 20.8 Å². The molecule has 6 heteroatoms. The fourth-order valence-corrected chi connectivity index (χ4v) is 0.942. The highest BCUT2D eigenvalue weighted by atomic mass is 16.6. The minimum atomic E-state index is -0.504. The average Bonchev–Trinajstić information content (AvgIpc) is 2.15. The first-order chi connectivity index (χ1) is 7.39. The number of hydrogen-bond acceptors (Lipinski definition) is 5. The first-order valence-corrected chi connectivity index (χ1v) is 5.31. The third kappa shape index (κ3) is 8.46. The lowest BCUT2D eigenvalue weighted by Crippen LogP contribution is -2.41. The number of carbonyl (C=O) groups is 1. The van der Waals surface area contributed by atoms with E-state index in [1.54, 1.807) is 20.8 Å². The van der Waals surface area contributed by atoms with Crippen molar-refractivity contribution < 1.29 is 19.7 Å². The molecule has 0 bridgehead atoms. The van der Waals surface area contributed by atoms with E-state index in [0.717, 1.165) is 0 Å². The second kappa shape index (κ2) is 7.43. The molecule has 0 saturated heterocycles. The predicted octanol–water partition coefficient (Wildman–Crippen LogP) is -0.546. The molecule has 0 aliphatic rings. The molecule has 16 heavy (non-hydrogen) atoms. The maximum absolute atomic E-state index is 11.2. The van der Waals surface area contributed by atoms with E-state index in [-0.39, 0.29) is 19.3 Å². The summed E-state index contributed by atoms with van der Waals surface area (Å²) in [6.45, 7) is 5.94. The molecule has 0 aromatic carbocycles. The van der Waals surface area contributed by atoms with Gasteiger partial charge in [-0.1, -0.05) is 0 Å². The van der Waals surface area contributed by atoms with Gasteiger partial charge in [-0.25, -0.2) is 4.79 Å². The summed E-state index contributed by atoms with van der Waals surface area (Å²) in [4.78, 5) is 11.2. The molecule has 6 nitrogen and oxygen atoms in total. The Hall–Kier alpha value is -0.850. The Morgan fingerprint density at radius 3 is 2.25 bits per heavy atom. The Balaban J connectivity index is 3.55. The SMILES string of the molecule is CC(C)(C)OC(=O)NCCNC(CO)CO. The van der Waals surface area contributed by atoms with Crippen LogP contribution in [0.15, 0.2) is 0 Å². The van der Waals surface area contributed by atoms with Gasteiger partial charge in [0, 0.05) is 13.1 Å². The number of nitrogens with one attached hydrogen (secondary N) is 2. The Labute approximate surface area is 96.0 Å². The summed E-state index contributed by atoms with van der Waals surface area (Å²) in [6, 6.07) is -0.347. The minimum Gasteiger partial charge on any atom is -0.444 e. The average molecular weight is 234 g/mol. The van der Waals surface area contributed by atoms with Crippen molar-refractivity contribution in [2.24, 2.45) is 0 Å². The number of rotatable bonds is 6. The van der Waals surface area contributed by atoms with Gasteiger partial charge in [0.05, 0.1) is 19.3 Å². The number of aliphatic hydroxyl groups is 2. The molecule has 0 unspecified atom stereocenters. The number of amides is 1. The largest absolute Gasteiger partial charge is 0.444 e. The van der Waals surface area contributed by atoms with Crippen LogP contribution in [-0.2, 0) is 4.74 Å².